The summed E-state index contributed by atoms with van der Waals surface area (Å²) in [6.45, 7) is 4.69. The van der Waals surface area contributed by atoms with E-state index in [2.05, 4.69) is 74.5 Å². The molecule has 0 amide bonds. The number of benzene rings is 2. The van der Waals surface area contributed by atoms with Gasteiger partial charge in [0.05, 0.1) is 0 Å². The van der Waals surface area contributed by atoms with Crippen LogP contribution in [0.15, 0.2) is 60.2 Å². The standard InChI is InChI=1S/C20H18/c1-20(2)17-12-6-5-11-16(17)19-15-10-4-3-8-14(15)9-7-13-18(19)20/h3-6,8-13H,7H2,1-2H3. The summed E-state index contributed by atoms with van der Waals surface area (Å²) in [5.74, 6) is 0. The van der Waals surface area contributed by atoms with Gasteiger partial charge in [-0.05, 0) is 39.1 Å². The Hall–Kier alpha value is -2.08. The van der Waals surface area contributed by atoms with Crippen LogP contribution in [0.3, 0.4) is 0 Å². The first-order valence-corrected chi connectivity index (χ1v) is 7.30. The van der Waals surface area contributed by atoms with Crippen molar-refractivity contribution in [1.29, 1.82) is 0 Å². The topological polar surface area (TPSA) is 0 Å². The molecule has 20 heavy (non-hydrogen) atoms. The Morgan fingerprint density at radius 3 is 2.50 bits per heavy atom. The van der Waals surface area contributed by atoms with Crippen molar-refractivity contribution in [3.63, 3.8) is 0 Å². The molecule has 2 aromatic carbocycles. The lowest BCUT2D eigenvalue weighted by Gasteiger charge is -2.21. The third-order valence-electron chi connectivity index (χ3n) is 4.70. The molecule has 0 fully saturated rings. The van der Waals surface area contributed by atoms with Crippen molar-refractivity contribution < 1.29 is 0 Å². The lowest BCUT2D eigenvalue weighted by molar-refractivity contribution is 0.659. The lowest BCUT2D eigenvalue weighted by Crippen LogP contribution is -2.26. The van der Waals surface area contributed by atoms with Crippen molar-refractivity contribution in [3.05, 3.63) is 81.7 Å². The van der Waals surface area contributed by atoms with Gasteiger partial charge in [0.2, 0.25) is 0 Å². The summed E-state index contributed by atoms with van der Waals surface area (Å²) in [5.41, 5.74) is 5.90. The van der Waals surface area contributed by atoms with Gasteiger partial charge in [-0.1, -0.05) is 74.5 Å². The first kappa shape index (κ1) is 11.7. The maximum Gasteiger partial charge on any atom is 0.0156 e. The van der Waals surface area contributed by atoms with E-state index in [-0.39, 0.29) is 5.41 Å². The zero-order valence-corrected chi connectivity index (χ0v) is 12.0. The van der Waals surface area contributed by atoms with Crippen LogP contribution in [0.25, 0.3) is 11.6 Å². The Bertz CT molecular complexity index is 848. The Labute approximate surface area is 119 Å². The van der Waals surface area contributed by atoms with Crippen molar-refractivity contribution >= 4 is 11.6 Å². The molecule has 0 unspecified atom stereocenters. The molecule has 0 bridgehead atoms. The fraction of sp³-hybridized carbons (Fsp3) is 0.200. The zero-order valence-electron chi connectivity index (χ0n) is 12.0. The lowest BCUT2D eigenvalue weighted by atomic mass is 9.82. The monoisotopic (exact) mass is 258 g/mol. The largest absolute Gasteiger partial charge is 0.0760 e. The third kappa shape index (κ3) is 1.42. The number of fused-ring (bicyclic) bond motifs is 4. The van der Waals surface area contributed by atoms with Gasteiger partial charge in [-0.25, -0.2) is 0 Å². The second kappa shape index (κ2) is 3.96. The maximum absolute atomic E-state index is 2.41. The van der Waals surface area contributed by atoms with Crippen molar-refractivity contribution in [3.8, 4) is 0 Å². The number of allylic oxidation sites excluding steroid dienone is 2. The molecular weight excluding hydrogens is 240 g/mol. The van der Waals surface area contributed by atoms with E-state index in [1.54, 1.807) is 0 Å². The smallest absolute Gasteiger partial charge is 0.0156 e. The molecule has 0 heterocycles. The predicted molar refractivity (Wildman–Crippen MR) is 84.8 cm³/mol. The highest BCUT2D eigenvalue weighted by molar-refractivity contribution is 5.89. The molecule has 0 atom stereocenters. The van der Waals surface area contributed by atoms with Crippen molar-refractivity contribution in [1.82, 2.24) is 0 Å². The molecule has 98 valence electrons. The number of rotatable bonds is 0. The molecule has 0 saturated carbocycles. The minimum Gasteiger partial charge on any atom is -0.0760 e. The molecule has 0 heteroatoms. The van der Waals surface area contributed by atoms with Crippen molar-refractivity contribution in [2.75, 3.05) is 0 Å². The molecule has 4 rings (SSSR count). The maximum atomic E-state index is 2.41. The Kier molecular flexibility index (Phi) is 2.32. The average Bonchev–Trinajstić information content (AvgIpc) is 2.62. The van der Waals surface area contributed by atoms with Gasteiger partial charge in [0, 0.05) is 5.41 Å². The summed E-state index contributed by atoms with van der Waals surface area (Å²) in [5, 5.41) is 2.75. The second-order valence-corrected chi connectivity index (χ2v) is 6.19. The highest BCUT2D eigenvalue weighted by Crippen LogP contribution is 2.48. The molecule has 0 radical (unpaired) electrons. The van der Waals surface area contributed by atoms with Crippen LogP contribution in [0.5, 0.6) is 0 Å². The molecule has 0 nitrogen and oxygen atoms in total. The van der Waals surface area contributed by atoms with E-state index in [4.69, 9.17) is 0 Å². The fourth-order valence-electron chi connectivity index (χ4n) is 3.70. The summed E-state index contributed by atoms with van der Waals surface area (Å²) in [4.78, 5) is 0. The zero-order chi connectivity index (χ0) is 13.7. The summed E-state index contributed by atoms with van der Waals surface area (Å²) < 4.78 is 0. The van der Waals surface area contributed by atoms with E-state index >= 15 is 0 Å². The van der Waals surface area contributed by atoms with E-state index in [1.807, 2.05) is 0 Å². The van der Waals surface area contributed by atoms with Gasteiger partial charge in [-0.15, -0.1) is 0 Å². The van der Waals surface area contributed by atoms with E-state index in [0.29, 0.717) is 0 Å². The van der Waals surface area contributed by atoms with Crippen LogP contribution < -0.4 is 10.4 Å². The molecule has 0 aliphatic heterocycles. The fourth-order valence-corrected chi connectivity index (χ4v) is 3.70. The van der Waals surface area contributed by atoms with Crippen LogP contribution in [0.1, 0.15) is 31.4 Å². The predicted octanol–water partition coefficient (Wildman–Crippen LogP) is 3.29. The van der Waals surface area contributed by atoms with Gasteiger partial charge in [-0.2, -0.15) is 0 Å². The SMILES string of the molecule is CC1(C)C2=CCC=c3ccccc3=C2c2ccccc21. The van der Waals surface area contributed by atoms with Crippen LogP contribution in [0.4, 0.5) is 0 Å². The van der Waals surface area contributed by atoms with Gasteiger partial charge in [0.1, 0.15) is 0 Å². The minimum absolute atomic E-state index is 0.108. The Morgan fingerprint density at radius 1 is 0.850 bits per heavy atom. The highest BCUT2D eigenvalue weighted by Gasteiger charge is 2.38. The summed E-state index contributed by atoms with van der Waals surface area (Å²) in [6, 6.07) is 17.6. The van der Waals surface area contributed by atoms with Gasteiger partial charge in [0.25, 0.3) is 0 Å². The van der Waals surface area contributed by atoms with Crippen LogP contribution in [0, 0.1) is 0 Å². The summed E-state index contributed by atoms with van der Waals surface area (Å²) in [6.07, 6.45) is 5.77. The van der Waals surface area contributed by atoms with Crippen LogP contribution in [-0.4, -0.2) is 0 Å². The molecule has 0 aromatic heterocycles. The molecular formula is C20H18. The second-order valence-electron chi connectivity index (χ2n) is 6.19. The van der Waals surface area contributed by atoms with E-state index in [0.717, 1.165) is 6.42 Å². The molecule has 0 saturated heterocycles. The Balaban J connectivity index is 2.24. The first-order chi connectivity index (χ1) is 9.69. The molecule has 2 aromatic rings. The van der Waals surface area contributed by atoms with Crippen molar-refractivity contribution in [2.45, 2.75) is 25.7 Å². The number of hydrogen-bond acceptors (Lipinski definition) is 0. The van der Waals surface area contributed by atoms with E-state index in [9.17, 15) is 0 Å². The molecule has 2 aliphatic rings. The van der Waals surface area contributed by atoms with Crippen LogP contribution >= 0.6 is 0 Å². The quantitative estimate of drug-likeness (QED) is 0.680. The van der Waals surface area contributed by atoms with Gasteiger partial charge in [0.15, 0.2) is 0 Å². The number of hydrogen-bond donors (Lipinski definition) is 0. The van der Waals surface area contributed by atoms with Gasteiger partial charge >= 0.3 is 0 Å². The van der Waals surface area contributed by atoms with Gasteiger partial charge < -0.3 is 0 Å². The van der Waals surface area contributed by atoms with Crippen molar-refractivity contribution in [2.24, 2.45) is 0 Å². The molecule has 0 spiro atoms. The van der Waals surface area contributed by atoms with Gasteiger partial charge in [-0.3, -0.25) is 0 Å². The molecule has 0 N–H and O–H groups in total. The van der Waals surface area contributed by atoms with E-state index < -0.39 is 0 Å². The van der Waals surface area contributed by atoms with Crippen LogP contribution in [-0.2, 0) is 5.41 Å². The van der Waals surface area contributed by atoms with Crippen LogP contribution in [0.2, 0.25) is 0 Å². The highest BCUT2D eigenvalue weighted by atomic mass is 14.4. The summed E-state index contributed by atoms with van der Waals surface area (Å²) >= 11 is 0. The first-order valence-electron chi connectivity index (χ1n) is 7.30. The average molecular weight is 258 g/mol. The Morgan fingerprint density at radius 2 is 1.60 bits per heavy atom. The molecule has 2 aliphatic carbocycles. The normalized spacial score (nSPS) is 18.3. The summed E-state index contributed by atoms with van der Waals surface area (Å²) in [7, 11) is 0. The minimum atomic E-state index is 0.108. The van der Waals surface area contributed by atoms with E-state index in [1.165, 1.54) is 32.7 Å². The third-order valence-corrected chi connectivity index (χ3v) is 4.70.